The van der Waals surface area contributed by atoms with Crippen LogP contribution < -0.4 is 5.63 Å². The van der Waals surface area contributed by atoms with Crippen LogP contribution >= 0.6 is 0 Å². The van der Waals surface area contributed by atoms with Crippen LogP contribution in [-0.4, -0.2) is 0 Å². The first-order chi connectivity index (χ1) is 11.2. The first-order valence-electron chi connectivity index (χ1n) is 7.62. The van der Waals surface area contributed by atoms with Gasteiger partial charge in [0, 0.05) is 0 Å². The zero-order valence-electron chi connectivity index (χ0n) is 12.9. The molecular formula is C21H18O2. The Balaban J connectivity index is 1.72. The molecule has 0 radical (unpaired) electrons. The fraction of sp³-hybridized carbons (Fsp3) is 0.0952. The molecule has 0 saturated carbocycles. The first kappa shape index (κ1) is 15.0. The molecule has 0 bridgehead atoms. The van der Waals surface area contributed by atoms with Crippen LogP contribution in [0, 0.1) is 0 Å². The van der Waals surface area contributed by atoms with Gasteiger partial charge < -0.3 is 4.42 Å². The van der Waals surface area contributed by atoms with Crippen molar-refractivity contribution in [3.05, 3.63) is 101 Å². The molecule has 0 aliphatic heterocycles. The molecule has 0 saturated heterocycles. The van der Waals surface area contributed by atoms with Crippen molar-refractivity contribution in [1.82, 2.24) is 0 Å². The van der Waals surface area contributed by atoms with E-state index in [1.54, 1.807) is 12.3 Å². The largest absolute Gasteiger partial charge is 0.431 e. The summed E-state index contributed by atoms with van der Waals surface area (Å²) in [5, 5.41) is 1.56. The minimum absolute atomic E-state index is 0.293. The van der Waals surface area contributed by atoms with Gasteiger partial charge in [0.25, 0.3) is 0 Å². The van der Waals surface area contributed by atoms with Crippen LogP contribution in [0.3, 0.4) is 0 Å². The maximum Gasteiger partial charge on any atom is 0.343 e. The Bertz CT molecular complexity index is 902. The fourth-order valence-corrected chi connectivity index (χ4v) is 2.60. The Kier molecular flexibility index (Phi) is 4.53. The zero-order chi connectivity index (χ0) is 16.1. The van der Waals surface area contributed by atoms with Gasteiger partial charge in [0.1, 0.15) is 0 Å². The standard InChI is InChI=1S/C21H18O2/c1-16(8-7-11-17-9-3-2-4-10-17)14-18-15-23-21(22)20-13-6-5-12-19(18)20/h2-7,9-13,15H,1,8,14H2/b11-7+. The van der Waals surface area contributed by atoms with Crippen molar-refractivity contribution in [2.24, 2.45) is 0 Å². The lowest BCUT2D eigenvalue weighted by molar-refractivity contribution is 0.514. The second-order valence-electron chi connectivity index (χ2n) is 5.54. The van der Waals surface area contributed by atoms with Crippen molar-refractivity contribution in [3.8, 4) is 0 Å². The Morgan fingerprint density at radius 3 is 2.48 bits per heavy atom. The summed E-state index contributed by atoms with van der Waals surface area (Å²) in [6, 6.07) is 17.7. The number of fused-ring (bicyclic) bond motifs is 1. The highest BCUT2D eigenvalue weighted by atomic mass is 16.4. The number of allylic oxidation sites excluding steroid dienone is 2. The molecule has 23 heavy (non-hydrogen) atoms. The molecule has 0 aliphatic rings. The summed E-state index contributed by atoms with van der Waals surface area (Å²) in [7, 11) is 0. The van der Waals surface area contributed by atoms with E-state index in [1.165, 1.54) is 5.56 Å². The maximum atomic E-state index is 11.7. The van der Waals surface area contributed by atoms with E-state index >= 15 is 0 Å². The Morgan fingerprint density at radius 1 is 1.00 bits per heavy atom. The molecule has 0 unspecified atom stereocenters. The van der Waals surface area contributed by atoms with E-state index in [9.17, 15) is 4.79 Å². The highest BCUT2D eigenvalue weighted by molar-refractivity contribution is 5.84. The summed E-state index contributed by atoms with van der Waals surface area (Å²) in [4.78, 5) is 11.7. The van der Waals surface area contributed by atoms with Crippen LogP contribution in [0.1, 0.15) is 17.5 Å². The van der Waals surface area contributed by atoms with Gasteiger partial charge in [-0.2, -0.15) is 0 Å². The molecule has 0 spiro atoms. The summed E-state index contributed by atoms with van der Waals surface area (Å²) >= 11 is 0. The van der Waals surface area contributed by atoms with Gasteiger partial charge in [-0.05, 0) is 35.4 Å². The Morgan fingerprint density at radius 2 is 1.70 bits per heavy atom. The van der Waals surface area contributed by atoms with Crippen molar-refractivity contribution < 1.29 is 4.42 Å². The van der Waals surface area contributed by atoms with Gasteiger partial charge in [-0.25, -0.2) is 4.79 Å². The molecule has 0 N–H and O–H groups in total. The average molecular weight is 302 g/mol. The highest BCUT2D eigenvalue weighted by Crippen LogP contribution is 2.19. The van der Waals surface area contributed by atoms with Crippen molar-refractivity contribution in [2.75, 3.05) is 0 Å². The van der Waals surface area contributed by atoms with E-state index in [4.69, 9.17) is 4.42 Å². The number of hydrogen-bond donors (Lipinski definition) is 0. The Hall–Kier alpha value is -2.87. The van der Waals surface area contributed by atoms with E-state index in [0.29, 0.717) is 11.8 Å². The smallest absolute Gasteiger partial charge is 0.343 e. The SMILES string of the molecule is C=C(C/C=C/c1ccccc1)Cc1coc(=O)c2ccccc12. The highest BCUT2D eigenvalue weighted by Gasteiger charge is 2.06. The van der Waals surface area contributed by atoms with Gasteiger partial charge in [0.05, 0.1) is 11.6 Å². The van der Waals surface area contributed by atoms with Crippen LogP contribution in [0.15, 0.2) is 88.3 Å². The lowest BCUT2D eigenvalue weighted by atomic mass is 10.0. The van der Waals surface area contributed by atoms with Gasteiger partial charge in [0.15, 0.2) is 0 Å². The third-order valence-electron chi connectivity index (χ3n) is 3.76. The summed E-state index contributed by atoms with van der Waals surface area (Å²) in [5.74, 6) is 0. The molecule has 0 fully saturated rings. The van der Waals surface area contributed by atoms with E-state index in [0.717, 1.165) is 22.9 Å². The van der Waals surface area contributed by atoms with Gasteiger partial charge in [-0.15, -0.1) is 0 Å². The molecule has 0 aliphatic carbocycles. The molecule has 0 amide bonds. The molecule has 3 rings (SSSR count). The minimum Gasteiger partial charge on any atom is -0.431 e. The molecule has 0 atom stereocenters. The molecule has 2 aromatic carbocycles. The van der Waals surface area contributed by atoms with Crippen molar-refractivity contribution >= 4 is 16.8 Å². The van der Waals surface area contributed by atoms with Crippen LogP contribution in [0.2, 0.25) is 0 Å². The predicted octanol–water partition coefficient (Wildman–Crippen LogP) is 5.00. The topological polar surface area (TPSA) is 30.2 Å². The fourth-order valence-electron chi connectivity index (χ4n) is 2.60. The second-order valence-corrected chi connectivity index (χ2v) is 5.54. The predicted molar refractivity (Wildman–Crippen MR) is 95.4 cm³/mol. The maximum absolute atomic E-state index is 11.7. The lowest BCUT2D eigenvalue weighted by Gasteiger charge is -2.06. The zero-order valence-corrected chi connectivity index (χ0v) is 12.9. The number of hydrogen-bond acceptors (Lipinski definition) is 2. The monoisotopic (exact) mass is 302 g/mol. The quantitative estimate of drug-likeness (QED) is 0.621. The number of benzene rings is 2. The number of rotatable bonds is 5. The molecule has 1 aromatic heterocycles. The lowest BCUT2D eigenvalue weighted by Crippen LogP contribution is -2.01. The molecule has 1 heterocycles. The van der Waals surface area contributed by atoms with Crippen LogP contribution in [0.4, 0.5) is 0 Å². The summed E-state index contributed by atoms with van der Waals surface area (Å²) < 4.78 is 5.13. The molecule has 3 aromatic rings. The molecule has 2 nitrogen and oxygen atoms in total. The third kappa shape index (κ3) is 3.67. The van der Waals surface area contributed by atoms with E-state index in [2.05, 4.69) is 30.9 Å². The van der Waals surface area contributed by atoms with Gasteiger partial charge in [0.2, 0.25) is 0 Å². The summed E-state index contributed by atoms with van der Waals surface area (Å²) in [6.45, 7) is 4.14. The minimum atomic E-state index is -0.293. The molecule has 114 valence electrons. The van der Waals surface area contributed by atoms with Crippen LogP contribution in [-0.2, 0) is 6.42 Å². The summed E-state index contributed by atoms with van der Waals surface area (Å²) in [5.41, 5.74) is 2.96. The second kappa shape index (κ2) is 6.93. The van der Waals surface area contributed by atoms with Crippen LogP contribution in [0.5, 0.6) is 0 Å². The van der Waals surface area contributed by atoms with E-state index in [-0.39, 0.29) is 5.63 Å². The van der Waals surface area contributed by atoms with E-state index in [1.807, 2.05) is 36.4 Å². The van der Waals surface area contributed by atoms with Gasteiger partial charge in [-0.1, -0.05) is 72.8 Å². The Labute approximate surface area is 135 Å². The normalized spacial score (nSPS) is 11.1. The van der Waals surface area contributed by atoms with Gasteiger partial charge >= 0.3 is 5.63 Å². The third-order valence-corrected chi connectivity index (χ3v) is 3.76. The van der Waals surface area contributed by atoms with Crippen molar-refractivity contribution in [2.45, 2.75) is 12.8 Å². The molecular weight excluding hydrogens is 284 g/mol. The van der Waals surface area contributed by atoms with Crippen LogP contribution in [0.25, 0.3) is 16.8 Å². The van der Waals surface area contributed by atoms with E-state index < -0.39 is 0 Å². The average Bonchev–Trinajstić information content (AvgIpc) is 2.59. The first-order valence-corrected chi connectivity index (χ1v) is 7.62. The van der Waals surface area contributed by atoms with Gasteiger partial charge in [-0.3, -0.25) is 0 Å². The van der Waals surface area contributed by atoms with Crippen molar-refractivity contribution in [3.63, 3.8) is 0 Å². The van der Waals surface area contributed by atoms with Crippen molar-refractivity contribution in [1.29, 1.82) is 0 Å². The summed E-state index contributed by atoms with van der Waals surface area (Å²) in [6.07, 6.45) is 7.25. The molecule has 2 heteroatoms.